The number of nitrogens with zero attached hydrogens (tertiary/aromatic N) is 2. The maximum Gasteiger partial charge on any atom is 0.128 e. The second-order valence-corrected chi connectivity index (χ2v) is 5.93. The Hall–Kier alpha value is -1.09. The molecule has 1 saturated heterocycles. The largest absolute Gasteiger partial charge is 0.389 e. The topological polar surface area (TPSA) is 36.4 Å². The van der Waals surface area contributed by atoms with E-state index in [0.717, 1.165) is 36.3 Å². The van der Waals surface area contributed by atoms with Crippen molar-refractivity contribution in [3.8, 4) is 0 Å². The minimum Gasteiger partial charge on any atom is -0.389 e. The van der Waals surface area contributed by atoms with Crippen molar-refractivity contribution >= 4 is 5.82 Å². The van der Waals surface area contributed by atoms with Crippen LogP contribution in [0, 0.1) is 11.8 Å². The van der Waals surface area contributed by atoms with Crippen molar-refractivity contribution in [1.82, 2.24) is 4.98 Å². The van der Waals surface area contributed by atoms with Crippen molar-refractivity contribution in [3.05, 3.63) is 23.9 Å². The maximum atomic E-state index is 9.66. The van der Waals surface area contributed by atoms with E-state index in [2.05, 4.69) is 9.88 Å². The summed E-state index contributed by atoms with van der Waals surface area (Å²) in [4.78, 5) is 6.91. The lowest BCUT2D eigenvalue weighted by Gasteiger charge is -2.42. The molecule has 3 rings (SSSR count). The Morgan fingerprint density at radius 2 is 2.06 bits per heavy atom. The highest BCUT2D eigenvalue weighted by Gasteiger charge is 2.30. The fraction of sp³-hybridized carbons (Fsp3) is 0.667. The molecule has 2 bridgehead atoms. The van der Waals surface area contributed by atoms with E-state index in [9.17, 15) is 5.11 Å². The van der Waals surface area contributed by atoms with Crippen molar-refractivity contribution in [2.24, 2.45) is 11.8 Å². The predicted molar refractivity (Wildman–Crippen MR) is 72.5 cm³/mol. The number of hydrogen-bond donors (Lipinski definition) is 1. The molecule has 1 N–H and O–H groups in total. The molecule has 18 heavy (non-hydrogen) atoms. The van der Waals surface area contributed by atoms with Crippen LogP contribution in [-0.2, 0) is 0 Å². The molecule has 0 amide bonds. The third-order valence-corrected chi connectivity index (χ3v) is 4.42. The first-order valence-electron chi connectivity index (χ1n) is 7.11. The van der Waals surface area contributed by atoms with Crippen molar-refractivity contribution in [2.45, 2.75) is 38.7 Å². The standard InChI is InChI=1S/C15H22N2O/c1-11(18)14-5-6-16-15(8-14)17-9-12-3-2-4-13(7-12)10-17/h5-6,8,11-13,18H,2-4,7,9-10H2,1H3/t11-,12?,13?/m1/s1. The van der Waals surface area contributed by atoms with Crippen LogP contribution in [0.5, 0.6) is 0 Å². The Morgan fingerprint density at radius 1 is 1.33 bits per heavy atom. The SMILES string of the molecule is C[C@@H](O)c1ccnc(N2CC3CCCC(C3)C2)c1. The molecule has 3 nitrogen and oxygen atoms in total. The van der Waals surface area contributed by atoms with Gasteiger partial charge in [-0.3, -0.25) is 0 Å². The molecule has 2 unspecified atom stereocenters. The van der Waals surface area contributed by atoms with Crippen molar-refractivity contribution in [2.75, 3.05) is 18.0 Å². The smallest absolute Gasteiger partial charge is 0.128 e. The number of aliphatic hydroxyl groups is 1. The quantitative estimate of drug-likeness (QED) is 0.871. The minimum atomic E-state index is -0.406. The number of fused-ring (bicyclic) bond motifs is 2. The molecule has 2 fully saturated rings. The van der Waals surface area contributed by atoms with Gasteiger partial charge in [0, 0.05) is 19.3 Å². The van der Waals surface area contributed by atoms with Crippen LogP contribution in [0.2, 0.25) is 0 Å². The van der Waals surface area contributed by atoms with E-state index in [1.165, 1.54) is 25.7 Å². The summed E-state index contributed by atoms with van der Waals surface area (Å²) in [6, 6.07) is 3.95. The third-order valence-electron chi connectivity index (χ3n) is 4.42. The lowest BCUT2D eigenvalue weighted by molar-refractivity contribution is 0.199. The molecule has 2 aliphatic rings. The predicted octanol–water partition coefficient (Wildman–Crippen LogP) is 2.76. The molecule has 1 saturated carbocycles. The first-order valence-corrected chi connectivity index (χ1v) is 7.11. The zero-order valence-corrected chi connectivity index (χ0v) is 11.0. The average Bonchev–Trinajstić information content (AvgIpc) is 2.38. The highest BCUT2D eigenvalue weighted by Crippen LogP contribution is 2.36. The number of aromatic nitrogens is 1. The molecular weight excluding hydrogens is 224 g/mol. The highest BCUT2D eigenvalue weighted by atomic mass is 16.3. The van der Waals surface area contributed by atoms with Gasteiger partial charge >= 0.3 is 0 Å². The van der Waals surface area contributed by atoms with Gasteiger partial charge < -0.3 is 10.0 Å². The number of hydrogen-bond acceptors (Lipinski definition) is 3. The number of pyridine rings is 1. The molecule has 98 valence electrons. The average molecular weight is 246 g/mol. The summed E-state index contributed by atoms with van der Waals surface area (Å²) in [6.45, 7) is 4.10. The fourth-order valence-electron chi connectivity index (χ4n) is 3.49. The number of anilines is 1. The Labute approximate surface area is 109 Å². The summed E-state index contributed by atoms with van der Waals surface area (Å²) in [5.41, 5.74) is 0.968. The number of rotatable bonds is 2. The molecule has 0 aromatic carbocycles. The molecule has 1 aromatic heterocycles. The van der Waals surface area contributed by atoms with Gasteiger partial charge in [0.1, 0.15) is 5.82 Å². The lowest BCUT2D eigenvalue weighted by Crippen LogP contribution is -2.43. The van der Waals surface area contributed by atoms with E-state index in [1.54, 1.807) is 0 Å². The molecular formula is C15H22N2O. The van der Waals surface area contributed by atoms with Gasteiger partial charge in [-0.05, 0) is 55.7 Å². The Kier molecular flexibility index (Phi) is 3.25. The van der Waals surface area contributed by atoms with Gasteiger partial charge in [-0.1, -0.05) is 6.42 Å². The number of aliphatic hydroxyl groups excluding tert-OH is 1. The van der Waals surface area contributed by atoms with Gasteiger partial charge in [-0.2, -0.15) is 0 Å². The van der Waals surface area contributed by atoms with Crippen LogP contribution in [0.3, 0.4) is 0 Å². The monoisotopic (exact) mass is 246 g/mol. The van der Waals surface area contributed by atoms with Crippen molar-refractivity contribution < 1.29 is 5.11 Å². The van der Waals surface area contributed by atoms with Crippen LogP contribution >= 0.6 is 0 Å². The molecule has 2 heterocycles. The van der Waals surface area contributed by atoms with Crippen molar-refractivity contribution in [1.29, 1.82) is 0 Å². The molecule has 3 heteroatoms. The van der Waals surface area contributed by atoms with Gasteiger partial charge in [0.25, 0.3) is 0 Å². The second-order valence-electron chi connectivity index (χ2n) is 5.93. The van der Waals surface area contributed by atoms with Gasteiger partial charge in [0.15, 0.2) is 0 Å². The summed E-state index contributed by atoms with van der Waals surface area (Å²) >= 11 is 0. The van der Waals surface area contributed by atoms with Gasteiger partial charge in [-0.15, -0.1) is 0 Å². The van der Waals surface area contributed by atoms with Crippen LogP contribution in [0.4, 0.5) is 5.82 Å². The van der Waals surface area contributed by atoms with Crippen LogP contribution < -0.4 is 4.90 Å². The third kappa shape index (κ3) is 2.37. The van der Waals surface area contributed by atoms with Crippen molar-refractivity contribution in [3.63, 3.8) is 0 Å². The van der Waals surface area contributed by atoms with E-state index in [1.807, 2.05) is 25.3 Å². The zero-order valence-electron chi connectivity index (χ0n) is 11.0. The van der Waals surface area contributed by atoms with Crippen LogP contribution in [0.1, 0.15) is 44.3 Å². The highest BCUT2D eigenvalue weighted by molar-refractivity contribution is 5.42. The Balaban J connectivity index is 1.80. The summed E-state index contributed by atoms with van der Waals surface area (Å²) in [7, 11) is 0. The molecule has 0 radical (unpaired) electrons. The molecule has 0 spiro atoms. The van der Waals surface area contributed by atoms with E-state index in [-0.39, 0.29) is 0 Å². The Bertz CT molecular complexity index is 407. The van der Waals surface area contributed by atoms with E-state index in [0.29, 0.717) is 0 Å². The molecule has 1 aliphatic heterocycles. The summed E-state index contributed by atoms with van der Waals surface area (Å²) < 4.78 is 0. The van der Waals surface area contributed by atoms with Crippen LogP contribution in [0.25, 0.3) is 0 Å². The fourth-order valence-corrected chi connectivity index (χ4v) is 3.49. The Morgan fingerprint density at radius 3 is 2.72 bits per heavy atom. The molecule has 1 aliphatic carbocycles. The van der Waals surface area contributed by atoms with E-state index >= 15 is 0 Å². The van der Waals surface area contributed by atoms with E-state index < -0.39 is 6.10 Å². The first-order chi connectivity index (χ1) is 8.72. The van der Waals surface area contributed by atoms with Crippen LogP contribution in [-0.4, -0.2) is 23.2 Å². The van der Waals surface area contributed by atoms with Gasteiger partial charge in [0.2, 0.25) is 0 Å². The van der Waals surface area contributed by atoms with Gasteiger partial charge in [0.05, 0.1) is 6.10 Å². The molecule has 1 aromatic rings. The zero-order chi connectivity index (χ0) is 12.5. The normalized spacial score (nSPS) is 29.1. The van der Waals surface area contributed by atoms with Gasteiger partial charge in [-0.25, -0.2) is 4.98 Å². The second kappa shape index (κ2) is 4.88. The summed E-state index contributed by atoms with van der Waals surface area (Å²) in [6.07, 6.45) is 6.99. The minimum absolute atomic E-state index is 0.406. The number of piperidine rings is 1. The first kappa shape index (κ1) is 12.0. The van der Waals surface area contributed by atoms with Crippen LogP contribution in [0.15, 0.2) is 18.3 Å². The molecule has 3 atom stereocenters. The van der Waals surface area contributed by atoms with E-state index in [4.69, 9.17) is 0 Å². The lowest BCUT2D eigenvalue weighted by atomic mass is 9.78. The maximum absolute atomic E-state index is 9.66. The summed E-state index contributed by atoms with van der Waals surface area (Å²) in [5.74, 6) is 2.76. The summed E-state index contributed by atoms with van der Waals surface area (Å²) in [5, 5.41) is 9.66.